The first-order valence-electron chi connectivity index (χ1n) is 8.24. The Bertz CT molecular complexity index is 481. The molecule has 0 bridgehead atoms. The molecule has 4 heteroatoms. The molecule has 0 heterocycles. The fraction of sp³-hybridized carbons (Fsp3) is 0.556. The molecule has 1 N–H and O–H groups in total. The molecule has 0 unspecified atom stereocenters. The minimum Gasteiger partial charge on any atom is -0.356 e. The molecule has 120 valence electrons. The van der Waals surface area contributed by atoms with Gasteiger partial charge in [0, 0.05) is 32.5 Å². The van der Waals surface area contributed by atoms with Crippen molar-refractivity contribution < 1.29 is 9.59 Å². The van der Waals surface area contributed by atoms with Gasteiger partial charge in [0.2, 0.25) is 11.8 Å². The Hall–Kier alpha value is -1.84. The summed E-state index contributed by atoms with van der Waals surface area (Å²) in [6, 6.07) is 10.5. The first kappa shape index (κ1) is 16.5. The molecular weight excluding hydrogens is 276 g/mol. The van der Waals surface area contributed by atoms with Gasteiger partial charge < -0.3 is 10.2 Å². The summed E-state index contributed by atoms with van der Waals surface area (Å²) in [6.45, 7) is 2.79. The van der Waals surface area contributed by atoms with Gasteiger partial charge in [-0.15, -0.1) is 0 Å². The maximum atomic E-state index is 11.9. The lowest BCUT2D eigenvalue weighted by molar-refractivity contribution is -0.131. The van der Waals surface area contributed by atoms with E-state index >= 15 is 0 Å². The first-order valence-corrected chi connectivity index (χ1v) is 8.24. The normalized spacial score (nSPS) is 14.8. The van der Waals surface area contributed by atoms with Crippen LogP contribution in [0.1, 0.15) is 44.6 Å². The largest absolute Gasteiger partial charge is 0.356 e. The summed E-state index contributed by atoms with van der Waals surface area (Å²) < 4.78 is 0. The molecule has 0 aliphatic heterocycles. The van der Waals surface area contributed by atoms with E-state index in [4.69, 9.17) is 0 Å². The van der Waals surface area contributed by atoms with Crippen LogP contribution >= 0.6 is 0 Å². The van der Waals surface area contributed by atoms with Gasteiger partial charge in [-0.1, -0.05) is 43.2 Å². The lowest BCUT2D eigenvalue weighted by Crippen LogP contribution is -2.40. The highest BCUT2D eigenvalue weighted by atomic mass is 16.2. The molecule has 1 aromatic rings. The quantitative estimate of drug-likeness (QED) is 0.841. The Kier molecular flexibility index (Phi) is 6.44. The molecule has 0 atom stereocenters. The second-order valence-corrected chi connectivity index (χ2v) is 5.99. The van der Waals surface area contributed by atoms with Gasteiger partial charge in [0.1, 0.15) is 0 Å². The van der Waals surface area contributed by atoms with E-state index in [1.165, 1.54) is 18.4 Å². The third-order valence-electron chi connectivity index (χ3n) is 4.33. The minimum absolute atomic E-state index is 0.0279. The topological polar surface area (TPSA) is 49.4 Å². The number of hydrogen-bond acceptors (Lipinski definition) is 2. The van der Waals surface area contributed by atoms with E-state index in [9.17, 15) is 9.59 Å². The predicted molar refractivity (Wildman–Crippen MR) is 87.4 cm³/mol. The average Bonchev–Trinajstić information content (AvgIpc) is 3.02. The first-order chi connectivity index (χ1) is 10.7. The maximum Gasteiger partial charge on any atom is 0.221 e. The fourth-order valence-electron chi connectivity index (χ4n) is 3.11. The molecule has 0 spiro atoms. The summed E-state index contributed by atoms with van der Waals surface area (Å²) in [6.07, 6.45) is 5.77. The molecule has 1 aliphatic rings. The van der Waals surface area contributed by atoms with Crippen molar-refractivity contribution in [1.82, 2.24) is 10.2 Å². The van der Waals surface area contributed by atoms with E-state index in [-0.39, 0.29) is 11.8 Å². The highest BCUT2D eigenvalue weighted by molar-refractivity contribution is 5.78. The lowest BCUT2D eigenvalue weighted by atomic mass is 10.1. The van der Waals surface area contributed by atoms with Crippen molar-refractivity contribution in [3.8, 4) is 0 Å². The number of nitrogens with one attached hydrogen (secondary N) is 1. The van der Waals surface area contributed by atoms with Crippen LogP contribution in [0.3, 0.4) is 0 Å². The van der Waals surface area contributed by atoms with Gasteiger partial charge in [-0.3, -0.25) is 9.59 Å². The number of hydrogen-bond donors (Lipinski definition) is 1. The smallest absolute Gasteiger partial charge is 0.221 e. The van der Waals surface area contributed by atoms with Crippen LogP contribution in [-0.4, -0.2) is 35.8 Å². The number of amides is 2. The number of rotatable bonds is 7. The van der Waals surface area contributed by atoms with Crippen molar-refractivity contribution in [2.24, 2.45) is 0 Å². The van der Waals surface area contributed by atoms with Gasteiger partial charge in [0.05, 0.1) is 0 Å². The van der Waals surface area contributed by atoms with Crippen LogP contribution in [0.2, 0.25) is 0 Å². The van der Waals surface area contributed by atoms with Crippen LogP contribution in [0.5, 0.6) is 0 Å². The summed E-state index contributed by atoms with van der Waals surface area (Å²) >= 11 is 0. The Morgan fingerprint density at radius 2 is 1.86 bits per heavy atom. The van der Waals surface area contributed by atoms with Gasteiger partial charge in [-0.05, 0) is 24.8 Å². The van der Waals surface area contributed by atoms with E-state index in [1.807, 2.05) is 23.1 Å². The van der Waals surface area contributed by atoms with Crippen LogP contribution in [0.4, 0.5) is 0 Å². The molecule has 2 rings (SSSR count). The van der Waals surface area contributed by atoms with Gasteiger partial charge in [-0.2, -0.15) is 0 Å². The zero-order chi connectivity index (χ0) is 15.8. The zero-order valence-corrected chi connectivity index (χ0v) is 13.4. The van der Waals surface area contributed by atoms with Gasteiger partial charge in [0.25, 0.3) is 0 Å². The maximum absolute atomic E-state index is 11.9. The minimum atomic E-state index is 0.0279. The summed E-state index contributed by atoms with van der Waals surface area (Å²) in [5.41, 5.74) is 1.22. The summed E-state index contributed by atoms with van der Waals surface area (Å²) in [7, 11) is 0. The second kappa shape index (κ2) is 8.57. The fourth-order valence-corrected chi connectivity index (χ4v) is 3.11. The Morgan fingerprint density at radius 1 is 1.18 bits per heavy atom. The van der Waals surface area contributed by atoms with E-state index in [0.29, 0.717) is 25.6 Å². The number of benzene rings is 1. The third kappa shape index (κ3) is 5.17. The van der Waals surface area contributed by atoms with Crippen LogP contribution < -0.4 is 5.32 Å². The van der Waals surface area contributed by atoms with Crippen LogP contribution in [-0.2, 0) is 16.0 Å². The van der Waals surface area contributed by atoms with Crippen LogP contribution in [0, 0.1) is 0 Å². The Balaban J connectivity index is 1.68. The predicted octanol–water partition coefficient (Wildman–Crippen LogP) is 2.53. The monoisotopic (exact) mass is 302 g/mol. The SMILES string of the molecule is CC(=O)N(CCC(=O)NCCc1ccccc1)C1CCCC1. The van der Waals surface area contributed by atoms with Crippen LogP contribution in [0.15, 0.2) is 30.3 Å². The molecule has 22 heavy (non-hydrogen) atoms. The Morgan fingerprint density at radius 3 is 2.50 bits per heavy atom. The molecule has 4 nitrogen and oxygen atoms in total. The Labute approximate surface area is 132 Å². The van der Waals surface area contributed by atoms with Crippen molar-refractivity contribution in [2.45, 2.75) is 51.5 Å². The van der Waals surface area contributed by atoms with Gasteiger partial charge >= 0.3 is 0 Å². The van der Waals surface area contributed by atoms with E-state index in [2.05, 4.69) is 17.4 Å². The zero-order valence-electron chi connectivity index (χ0n) is 13.4. The molecule has 1 saturated carbocycles. The van der Waals surface area contributed by atoms with Gasteiger partial charge in [0.15, 0.2) is 0 Å². The highest BCUT2D eigenvalue weighted by Gasteiger charge is 2.24. The molecule has 0 saturated heterocycles. The van der Waals surface area contributed by atoms with E-state index in [1.54, 1.807) is 6.92 Å². The van der Waals surface area contributed by atoms with Crippen molar-refractivity contribution >= 4 is 11.8 Å². The molecule has 0 radical (unpaired) electrons. The molecule has 1 fully saturated rings. The van der Waals surface area contributed by atoms with Crippen molar-refractivity contribution in [3.63, 3.8) is 0 Å². The molecule has 1 aliphatic carbocycles. The molecule has 0 aromatic heterocycles. The van der Waals surface area contributed by atoms with Crippen LogP contribution in [0.25, 0.3) is 0 Å². The number of nitrogens with zero attached hydrogens (tertiary/aromatic N) is 1. The summed E-state index contributed by atoms with van der Waals surface area (Å²) in [5, 5.41) is 2.94. The van der Waals surface area contributed by atoms with Crippen molar-refractivity contribution in [3.05, 3.63) is 35.9 Å². The number of carbonyl (C=O) groups is 2. The molecule has 2 amide bonds. The summed E-state index contributed by atoms with van der Waals surface area (Å²) in [5.74, 6) is 0.115. The van der Waals surface area contributed by atoms with Crippen molar-refractivity contribution in [2.75, 3.05) is 13.1 Å². The van der Waals surface area contributed by atoms with Crippen molar-refractivity contribution in [1.29, 1.82) is 0 Å². The third-order valence-corrected chi connectivity index (χ3v) is 4.33. The second-order valence-electron chi connectivity index (χ2n) is 5.99. The van der Waals surface area contributed by atoms with E-state index < -0.39 is 0 Å². The highest BCUT2D eigenvalue weighted by Crippen LogP contribution is 2.23. The molecular formula is C18H26N2O2. The average molecular weight is 302 g/mol. The van der Waals surface area contributed by atoms with E-state index in [0.717, 1.165) is 19.3 Å². The lowest BCUT2D eigenvalue weighted by Gasteiger charge is -2.27. The standard InChI is InChI=1S/C18H26N2O2/c1-15(21)20(17-9-5-6-10-17)14-12-18(22)19-13-11-16-7-3-2-4-8-16/h2-4,7-8,17H,5-6,9-14H2,1H3,(H,19,22). The summed E-state index contributed by atoms with van der Waals surface area (Å²) in [4.78, 5) is 25.5. The number of carbonyl (C=O) groups excluding carboxylic acids is 2. The van der Waals surface area contributed by atoms with Gasteiger partial charge in [-0.25, -0.2) is 0 Å². The molecule has 1 aromatic carbocycles.